The Labute approximate surface area is 93.3 Å². The molecular weight excluding hydrogens is 206 g/mol. The van der Waals surface area contributed by atoms with Gasteiger partial charge in [-0.3, -0.25) is 4.79 Å². The molecule has 0 spiro atoms. The Morgan fingerprint density at radius 3 is 2.50 bits per heavy atom. The molecule has 0 saturated heterocycles. The summed E-state index contributed by atoms with van der Waals surface area (Å²) in [6.45, 7) is 2.85. The fourth-order valence-corrected chi connectivity index (χ4v) is 1.29. The van der Waals surface area contributed by atoms with Gasteiger partial charge in [0.25, 0.3) is 0 Å². The van der Waals surface area contributed by atoms with Gasteiger partial charge in [-0.1, -0.05) is 35.4 Å². The Bertz CT molecular complexity index is 424. The van der Waals surface area contributed by atoms with Crippen LogP contribution in [-0.2, 0) is 0 Å². The maximum atomic E-state index is 12.1. The Morgan fingerprint density at radius 2 is 2.06 bits per heavy atom. The van der Waals surface area contributed by atoms with Crippen LogP contribution in [0.1, 0.15) is 24.2 Å². The van der Waals surface area contributed by atoms with Crippen LogP contribution in [0.5, 0.6) is 0 Å². The second-order valence-electron chi connectivity index (χ2n) is 3.71. The molecule has 0 aromatic heterocycles. The highest BCUT2D eigenvalue weighted by Gasteiger charge is 2.37. The number of carbonyl (C=O) groups is 1. The molecule has 5 nitrogen and oxygen atoms in total. The average molecular weight is 219 g/mol. The highest BCUT2D eigenvalue weighted by molar-refractivity contribution is 6.03. The number of benzene rings is 1. The first-order chi connectivity index (χ1) is 7.52. The largest absolute Gasteiger partial charge is 0.392 e. The molecule has 1 aromatic carbocycles. The van der Waals surface area contributed by atoms with Crippen molar-refractivity contribution in [1.29, 1.82) is 0 Å². The first kappa shape index (κ1) is 12.2. The number of Topliss-reactive ketones (excluding diaryl/α,β-unsaturated/α-hetero) is 1. The van der Waals surface area contributed by atoms with Crippen molar-refractivity contribution in [3.8, 4) is 0 Å². The van der Waals surface area contributed by atoms with Gasteiger partial charge in [-0.15, -0.1) is 0 Å². The van der Waals surface area contributed by atoms with E-state index in [2.05, 4.69) is 10.0 Å². The van der Waals surface area contributed by atoms with Gasteiger partial charge in [0.05, 0.1) is 6.10 Å². The Hall–Kier alpha value is -1.84. The second-order valence-corrected chi connectivity index (χ2v) is 3.71. The van der Waals surface area contributed by atoms with Gasteiger partial charge in [-0.2, -0.15) is 0 Å². The van der Waals surface area contributed by atoms with Crippen molar-refractivity contribution in [2.45, 2.75) is 25.5 Å². The molecule has 0 heterocycles. The minimum absolute atomic E-state index is 0.388. The SMILES string of the molecule is CC(O)C(C)(N=[N+]=[N-])C(=O)c1ccccc1. The molecule has 2 atom stereocenters. The van der Waals surface area contributed by atoms with Gasteiger partial charge in [0.2, 0.25) is 0 Å². The topological polar surface area (TPSA) is 86.1 Å². The van der Waals surface area contributed by atoms with Crippen LogP contribution in [-0.4, -0.2) is 22.5 Å². The molecule has 1 rings (SSSR count). The van der Waals surface area contributed by atoms with Gasteiger partial charge in [0.1, 0.15) is 5.54 Å². The minimum Gasteiger partial charge on any atom is -0.392 e. The summed E-state index contributed by atoms with van der Waals surface area (Å²) < 4.78 is 0. The van der Waals surface area contributed by atoms with E-state index in [9.17, 15) is 9.90 Å². The maximum absolute atomic E-state index is 12.1. The van der Waals surface area contributed by atoms with Crippen molar-refractivity contribution in [3.05, 3.63) is 46.3 Å². The summed E-state index contributed by atoms with van der Waals surface area (Å²) in [5.74, 6) is -0.388. The maximum Gasteiger partial charge on any atom is 0.177 e. The standard InChI is InChI=1S/C11H13N3O2/c1-8(15)11(2,13-14-12)10(16)9-6-4-3-5-7-9/h3-8,15H,1-2H3. The van der Waals surface area contributed by atoms with E-state index in [1.165, 1.54) is 13.8 Å². The highest BCUT2D eigenvalue weighted by atomic mass is 16.3. The lowest BCUT2D eigenvalue weighted by atomic mass is 9.87. The summed E-state index contributed by atoms with van der Waals surface area (Å²) in [5, 5.41) is 13.0. The van der Waals surface area contributed by atoms with Gasteiger partial charge in [-0.05, 0) is 19.4 Å². The number of hydrogen-bond acceptors (Lipinski definition) is 3. The van der Waals surface area contributed by atoms with Gasteiger partial charge in [-0.25, -0.2) is 0 Å². The van der Waals surface area contributed by atoms with Crippen molar-refractivity contribution in [3.63, 3.8) is 0 Å². The summed E-state index contributed by atoms with van der Waals surface area (Å²) in [5.41, 5.74) is 7.39. The molecule has 0 fully saturated rings. The molecule has 1 aromatic rings. The van der Waals surface area contributed by atoms with Gasteiger partial charge in [0.15, 0.2) is 5.78 Å². The van der Waals surface area contributed by atoms with E-state index in [0.29, 0.717) is 5.56 Å². The molecule has 0 aliphatic heterocycles. The summed E-state index contributed by atoms with van der Waals surface area (Å²) in [6.07, 6.45) is -1.05. The zero-order chi connectivity index (χ0) is 12.2. The Kier molecular flexibility index (Phi) is 3.66. The summed E-state index contributed by atoms with van der Waals surface area (Å²) in [7, 11) is 0. The predicted octanol–water partition coefficient (Wildman–Crippen LogP) is 2.32. The van der Waals surface area contributed by atoms with Crippen LogP contribution in [0.2, 0.25) is 0 Å². The lowest BCUT2D eigenvalue weighted by molar-refractivity contribution is 0.0676. The average Bonchev–Trinajstić information content (AvgIpc) is 2.29. The molecular formula is C11H13N3O2. The van der Waals surface area contributed by atoms with Crippen molar-refractivity contribution in [2.24, 2.45) is 5.11 Å². The fraction of sp³-hybridized carbons (Fsp3) is 0.364. The zero-order valence-electron chi connectivity index (χ0n) is 9.16. The predicted molar refractivity (Wildman–Crippen MR) is 60.0 cm³/mol. The van der Waals surface area contributed by atoms with Crippen molar-refractivity contribution in [1.82, 2.24) is 0 Å². The summed E-state index contributed by atoms with van der Waals surface area (Å²) >= 11 is 0. The lowest BCUT2D eigenvalue weighted by Gasteiger charge is -2.25. The van der Waals surface area contributed by atoms with Crippen molar-refractivity contribution < 1.29 is 9.90 Å². The van der Waals surface area contributed by atoms with Crippen molar-refractivity contribution in [2.75, 3.05) is 0 Å². The number of hydrogen-bond donors (Lipinski definition) is 1. The van der Waals surface area contributed by atoms with Crippen LogP contribution in [0, 0.1) is 0 Å². The van der Waals surface area contributed by atoms with E-state index in [0.717, 1.165) is 0 Å². The molecule has 2 unspecified atom stereocenters. The van der Waals surface area contributed by atoms with Crippen LogP contribution in [0.4, 0.5) is 0 Å². The molecule has 0 radical (unpaired) electrons. The molecule has 0 amide bonds. The van der Waals surface area contributed by atoms with Gasteiger partial charge in [0, 0.05) is 10.5 Å². The molecule has 16 heavy (non-hydrogen) atoms. The third-order valence-electron chi connectivity index (χ3n) is 2.56. The van der Waals surface area contributed by atoms with Crippen LogP contribution in [0.3, 0.4) is 0 Å². The van der Waals surface area contributed by atoms with Crippen molar-refractivity contribution >= 4 is 5.78 Å². The molecule has 0 aliphatic carbocycles. The second kappa shape index (κ2) is 4.79. The van der Waals surface area contributed by atoms with Gasteiger partial charge < -0.3 is 5.11 Å². The van der Waals surface area contributed by atoms with Crippen LogP contribution in [0.15, 0.2) is 35.4 Å². The smallest absolute Gasteiger partial charge is 0.177 e. The third-order valence-corrected chi connectivity index (χ3v) is 2.56. The highest BCUT2D eigenvalue weighted by Crippen LogP contribution is 2.22. The molecule has 0 bridgehead atoms. The van der Waals surface area contributed by atoms with E-state index >= 15 is 0 Å². The summed E-state index contributed by atoms with van der Waals surface area (Å²) in [4.78, 5) is 14.7. The monoisotopic (exact) mass is 219 g/mol. The summed E-state index contributed by atoms with van der Waals surface area (Å²) in [6, 6.07) is 8.45. The van der Waals surface area contributed by atoms with Crippen LogP contribution >= 0.6 is 0 Å². The minimum atomic E-state index is -1.46. The number of carbonyl (C=O) groups excluding carboxylic acids is 1. The Balaban J connectivity index is 3.16. The number of azide groups is 1. The molecule has 5 heteroatoms. The number of nitrogens with zero attached hydrogens (tertiary/aromatic N) is 3. The number of aliphatic hydroxyl groups excluding tert-OH is 1. The quantitative estimate of drug-likeness (QED) is 0.364. The third kappa shape index (κ3) is 2.21. The Morgan fingerprint density at radius 1 is 1.50 bits per heavy atom. The van der Waals surface area contributed by atoms with E-state index in [1.807, 2.05) is 0 Å². The number of rotatable bonds is 4. The fourth-order valence-electron chi connectivity index (χ4n) is 1.29. The first-order valence-corrected chi connectivity index (χ1v) is 4.86. The van der Waals surface area contributed by atoms with Crippen LogP contribution < -0.4 is 0 Å². The zero-order valence-corrected chi connectivity index (χ0v) is 9.16. The van der Waals surface area contributed by atoms with E-state index in [4.69, 9.17) is 5.53 Å². The van der Waals surface area contributed by atoms with E-state index < -0.39 is 11.6 Å². The first-order valence-electron chi connectivity index (χ1n) is 4.86. The molecule has 1 N–H and O–H groups in total. The number of aliphatic hydroxyl groups is 1. The normalized spacial score (nSPS) is 15.7. The lowest BCUT2D eigenvalue weighted by Crippen LogP contribution is -2.43. The number of ketones is 1. The van der Waals surface area contributed by atoms with E-state index in [1.54, 1.807) is 30.3 Å². The molecule has 0 aliphatic rings. The van der Waals surface area contributed by atoms with Crippen LogP contribution in [0.25, 0.3) is 10.4 Å². The van der Waals surface area contributed by atoms with Gasteiger partial charge >= 0.3 is 0 Å². The molecule has 0 saturated carbocycles. The molecule has 84 valence electrons. The van der Waals surface area contributed by atoms with E-state index in [-0.39, 0.29) is 5.78 Å².